The maximum atomic E-state index is 12.6. The number of carbonyl (C=O) groups excluding carboxylic acids is 1. The van der Waals surface area contributed by atoms with Crippen LogP contribution in [0.5, 0.6) is 0 Å². The highest BCUT2D eigenvalue weighted by Gasteiger charge is 2.18. The molecule has 0 unspecified atom stereocenters. The molecular weight excluding hydrogens is 326 g/mol. The minimum atomic E-state index is 0.123. The number of carbonyl (C=O) groups is 1. The maximum Gasteiger partial charge on any atom is 0.174 e. The van der Waals surface area contributed by atoms with Gasteiger partial charge in [-0.15, -0.1) is 10.2 Å². The van der Waals surface area contributed by atoms with Gasteiger partial charge < -0.3 is 4.57 Å². The Hall–Kier alpha value is -1.92. The Morgan fingerprint density at radius 1 is 1.26 bits per heavy atom. The van der Waals surface area contributed by atoms with Gasteiger partial charge in [-0.1, -0.05) is 41.3 Å². The van der Waals surface area contributed by atoms with E-state index in [1.165, 1.54) is 28.7 Å². The molecule has 3 rings (SSSR count). The number of hydrogen-bond acceptors (Lipinski definition) is 5. The van der Waals surface area contributed by atoms with E-state index in [0.29, 0.717) is 5.75 Å². The predicted octanol–water partition coefficient (Wildman–Crippen LogP) is 4.23. The number of aromatic nitrogens is 3. The normalized spacial score (nSPS) is 10.9. The molecule has 0 bridgehead atoms. The van der Waals surface area contributed by atoms with Crippen molar-refractivity contribution in [2.45, 2.75) is 25.1 Å². The lowest BCUT2D eigenvalue weighted by Crippen LogP contribution is -2.06. The molecule has 0 N–H and O–H groups in total. The fourth-order valence-corrected chi connectivity index (χ4v) is 4.03. The minimum Gasteiger partial charge on any atom is -0.318 e. The third-order valence-electron chi connectivity index (χ3n) is 3.75. The first kappa shape index (κ1) is 16.0. The summed E-state index contributed by atoms with van der Waals surface area (Å²) in [5, 5.41) is 7.75. The Balaban J connectivity index is 1.88. The lowest BCUT2D eigenvalue weighted by atomic mass is 10.1. The minimum absolute atomic E-state index is 0.123. The number of Topliss-reactive ketones (excluding diaryl/α,β-unsaturated/α-hetero) is 1. The molecule has 0 amide bonds. The maximum absolute atomic E-state index is 12.6. The van der Waals surface area contributed by atoms with Gasteiger partial charge in [-0.25, -0.2) is 0 Å². The largest absolute Gasteiger partial charge is 0.318 e. The van der Waals surface area contributed by atoms with Crippen LogP contribution < -0.4 is 0 Å². The molecule has 1 aromatic carbocycles. The second-order valence-electron chi connectivity index (χ2n) is 5.32. The molecule has 2 heterocycles. The zero-order chi connectivity index (χ0) is 16.4. The van der Waals surface area contributed by atoms with Gasteiger partial charge in [0, 0.05) is 22.6 Å². The lowest BCUT2D eigenvalue weighted by molar-refractivity contribution is 0.102. The molecule has 0 saturated heterocycles. The van der Waals surface area contributed by atoms with Crippen LogP contribution in [-0.4, -0.2) is 26.3 Å². The second kappa shape index (κ2) is 6.68. The van der Waals surface area contributed by atoms with Crippen LogP contribution in [0.1, 0.15) is 27.3 Å². The van der Waals surface area contributed by atoms with E-state index in [0.717, 1.165) is 27.0 Å². The summed E-state index contributed by atoms with van der Waals surface area (Å²) in [6.07, 6.45) is 0. The molecule has 23 heavy (non-hydrogen) atoms. The summed E-state index contributed by atoms with van der Waals surface area (Å²) in [4.78, 5) is 12.6. The molecule has 0 atom stereocenters. The molecule has 0 aliphatic carbocycles. The first-order valence-electron chi connectivity index (χ1n) is 7.25. The van der Waals surface area contributed by atoms with E-state index < -0.39 is 0 Å². The number of thioether (sulfide) groups is 1. The van der Waals surface area contributed by atoms with Gasteiger partial charge in [0.15, 0.2) is 10.1 Å². The van der Waals surface area contributed by atoms with E-state index in [1.54, 1.807) is 5.51 Å². The van der Waals surface area contributed by atoms with E-state index >= 15 is 0 Å². The molecule has 3 aromatic rings. The Bertz CT molecular complexity index is 838. The molecule has 0 saturated carbocycles. The van der Waals surface area contributed by atoms with Gasteiger partial charge in [-0.3, -0.25) is 4.79 Å². The van der Waals surface area contributed by atoms with E-state index in [1.807, 2.05) is 32.0 Å². The standard InChI is InChI=1S/C17H17N3OS2/c1-11-6-4-5-7-15(11)20-12(2)8-14(13(20)3)16(21)9-22-17-19-18-10-23-17/h4-8,10H,9H2,1-3H3. The van der Waals surface area contributed by atoms with Crippen molar-refractivity contribution >= 4 is 28.9 Å². The van der Waals surface area contributed by atoms with E-state index in [2.05, 4.69) is 33.8 Å². The molecule has 2 aromatic heterocycles. The van der Waals surface area contributed by atoms with E-state index in [4.69, 9.17) is 0 Å². The Labute approximate surface area is 143 Å². The van der Waals surface area contributed by atoms with Crippen LogP contribution in [0.4, 0.5) is 0 Å². The number of benzene rings is 1. The van der Waals surface area contributed by atoms with Crippen LogP contribution in [0, 0.1) is 20.8 Å². The van der Waals surface area contributed by atoms with Crippen molar-refractivity contribution in [3.05, 3.63) is 58.4 Å². The zero-order valence-corrected chi connectivity index (χ0v) is 14.9. The monoisotopic (exact) mass is 343 g/mol. The lowest BCUT2D eigenvalue weighted by Gasteiger charge is -2.12. The van der Waals surface area contributed by atoms with Crippen LogP contribution in [-0.2, 0) is 0 Å². The predicted molar refractivity (Wildman–Crippen MR) is 94.9 cm³/mol. The molecule has 6 heteroatoms. The van der Waals surface area contributed by atoms with Gasteiger partial charge in [0.2, 0.25) is 0 Å². The summed E-state index contributed by atoms with van der Waals surface area (Å²) in [5.41, 5.74) is 6.83. The third kappa shape index (κ3) is 3.23. The summed E-state index contributed by atoms with van der Waals surface area (Å²) in [7, 11) is 0. The Morgan fingerprint density at radius 3 is 2.74 bits per heavy atom. The number of nitrogens with zero attached hydrogens (tertiary/aromatic N) is 3. The van der Waals surface area contributed by atoms with Crippen molar-refractivity contribution in [3.63, 3.8) is 0 Å². The number of hydrogen-bond donors (Lipinski definition) is 0. The highest BCUT2D eigenvalue weighted by atomic mass is 32.2. The fraction of sp³-hybridized carbons (Fsp3) is 0.235. The van der Waals surface area contributed by atoms with Gasteiger partial charge in [0.1, 0.15) is 5.51 Å². The van der Waals surface area contributed by atoms with Gasteiger partial charge in [-0.2, -0.15) is 0 Å². The molecule has 118 valence electrons. The van der Waals surface area contributed by atoms with Gasteiger partial charge in [0.05, 0.1) is 5.75 Å². The van der Waals surface area contributed by atoms with Crippen molar-refractivity contribution in [2.24, 2.45) is 0 Å². The van der Waals surface area contributed by atoms with Gasteiger partial charge in [0.25, 0.3) is 0 Å². The molecule has 0 aliphatic heterocycles. The van der Waals surface area contributed by atoms with E-state index in [-0.39, 0.29) is 5.78 Å². The van der Waals surface area contributed by atoms with Crippen molar-refractivity contribution < 1.29 is 4.79 Å². The molecule has 0 fully saturated rings. The van der Waals surface area contributed by atoms with Crippen LogP contribution in [0.25, 0.3) is 5.69 Å². The SMILES string of the molecule is Cc1ccccc1-n1c(C)cc(C(=O)CSc2nncs2)c1C. The van der Waals surface area contributed by atoms with Gasteiger partial charge in [-0.05, 0) is 38.5 Å². The average Bonchev–Trinajstić information content (AvgIpc) is 3.14. The van der Waals surface area contributed by atoms with Crippen LogP contribution in [0.15, 0.2) is 40.2 Å². The van der Waals surface area contributed by atoms with Crippen molar-refractivity contribution in [1.29, 1.82) is 0 Å². The quantitative estimate of drug-likeness (QED) is 0.514. The number of ketones is 1. The molecule has 0 aliphatic rings. The number of rotatable bonds is 5. The number of para-hydroxylation sites is 1. The van der Waals surface area contributed by atoms with Gasteiger partial charge >= 0.3 is 0 Å². The molecule has 4 nitrogen and oxygen atoms in total. The second-order valence-corrected chi connectivity index (χ2v) is 7.38. The van der Waals surface area contributed by atoms with E-state index in [9.17, 15) is 4.79 Å². The highest BCUT2D eigenvalue weighted by Crippen LogP contribution is 2.26. The van der Waals surface area contributed by atoms with Crippen LogP contribution in [0.3, 0.4) is 0 Å². The molecule has 0 spiro atoms. The third-order valence-corrected chi connectivity index (χ3v) is 5.62. The smallest absolute Gasteiger partial charge is 0.174 e. The van der Waals surface area contributed by atoms with Crippen molar-refractivity contribution in [2.75, 3.05) is 5.75 Å². The fourth-order valence-electron chi connectivity index (χ4n) is 2.66. The first-order valence-corrected chi connectivity index (χ1v) is 9.11. The van der Waals surface area contributed by atoms with Crippen LogP contribution >= 0.6 is 23.1 Å². The summed E-state index contributed by atoms with van der Waals surface area (Å²) >= 11 is 2.89. The zero-order valence-electron chi connectivity index (χ0n) is 13.2. The molecule has 0 radical (unpaired) electrons. The number of aryl methyl sites for hydroxylation is 2. The van der Waals surface area contributed by atoms with Crippen molar-refractivity contribution in [3.8, 4) is 5.69 Å². The summed E-state index contributed by atoms with van der Waals surface area (Å²) < 4.78 is 2.98. The van der Waals surface area contributed by atoms with Crippen LogP contribution in [0.2, 0.25) is 0 Å². The summed E-state index contributed by atoms with van der Waals surface area (Å²) in [6, 6.07) is 10.2. The molecular formula is C17H17N3OS2. The summed E-state index contributed by atoms with van der Waals surface area (Å²) in [6.45, 7) is 6.12. The summed E-state index contributed by atoms with van der Waals surface area (Å²) in [5.74, 6) is 0.505. The Morgan fingerprint density at radius 2 is 2.04 bits per heavy atom. The Kier molecular flexibility index (Phi) is 4.63. The first-order chi connectivity index (χ1) is 11.1. The highest BCUT2D eigenvalue weighted by molar-refractivity contribution is 8.01. The average molecular weight is 343 g/mol. The van der Waals surface area contributed by atoms with Crippen molar-refractivity contribution in [1.82, 2.24) is 14.8 Å². The topological polar surface area (TPSA) is 47.8 Å².